The van der Waals surface area contributed by atoms with Gasteiger partial charge in [0.15, 0.2) is 0 Å². The molecule has 0 fully saturated rings. The molecule has 1 heterocycles. The second kappa shape index (κ2) is 9.45. The average molecular weight is 327 g/mol. The monoisotopic (exact) mass is 326 g/mol. The Kier molecular flexibility index (Phi) is 7.59. The molecule has 1 aromatic carbocycles. The van der Waals surface area contributed by atoms with Gasteiger partial charge in [0.05, 0.1) is 5.56 Å². The van der Waals surface area contributed by atoms with Crippen LogP contribution in [0, 0.1) is 11.3 Å². The molecule has 0 spiro atoms. The van der Waals surface area contributed by atoms with Crippen LogP contribution in [0.1, 0.15) is 26.3 Å². The van der Waals surface area contributed by atoms with Gasteiger partial charge in [0.2, 0.25) is 0 Å². The van der Waals surface area contributed by atoms with Crippen molar-refractivity contribution in [3.05, 3.63) is 71.7 Å². The van der Waals surface area contributed by atoms with E-state index in [0.29, 0.717) is 17.1 Å². The predicted octanol–water partition coefficient (Wildman–Crippen LogP) is 5.77. The first-order valence-electron chi connectivity index (χ1n) is 7.31. The summed E-state index contributed by atoms with van der Waals surface area (Å²) in [5.41, 5.74) is 2.00. The smallest absolute Gasteiger partial charge is 0.147 e. The summed E-state index contributed by atoms with van der Waals surface area (Å²) >= 11 is 5.94. The average Bonchev–Trinajstić information content (AvgIpc) is 2.61. The molecule has 118 valence electrons. The van der Waals surface area contributed by atoms with Crippen LogP contribution >= 0.6 is 11.6 Å². The first kappa shape index (κ1) is 18.5. The number of allylic oxidation sites excluding steroid dienone is 2. The van der Waals surface area contributed by atoms with E-state index in [1.807, 2.05) is 51.1 Å². The standard InChI is InChI=1S/C17H13ClN2O.C2H6/c1-3-13(4-2)21-14-7-5-12(6-8-14)15-9-10-20-17(18)16(15)11-19;1-2/h3-10H,1H2,2H3;1-2H3/b13-4+;. The van der Waals surface area contributed by atoms with Gasteiger partial charge in [-0.3, -0.25) is 0 Å². The Morgan fingerprint density at radius 1 is 1.26 bits per heavy atom. The summed E-state index contributed by atoms with van der Waals surface area (Å²) in [7, 11) is 0. The van der Waals surface area contributed by atoms with E-state index in [2.05, 4.69) is 17.6 Å². The lowest BCUT2D eigenvalue weighted by Gasteiger charge is -2.08. The first-order valence-corrected chi connectivity index (χ1v) is 7.69. The summed E-state index contributed by atoms with van der Waals surface area (Å²) in [6.07, 6.45) is 5.06. The lowest BCUT2D eigenvalue weighted by molar-refractivity contribution is 0.444. The quantitative estimate of drug-likeness (QED) is 0.407. The molecule has 0 bridgehead atoms. The van der Waals surface area contributed by atoms with Crippen molar-refractivity contribution in [3.8, 4) is 22.9 Å². The molecule has 0 aliphatic rings. The van der Waals surface area contributed by atoms with E-state index in [-0.39, 0.29) is 5.15 Å². The van der Waals surface area contributed by atoms with E-state index < -0.39 is 0 Å². The number of benzene rings is 1. The van der Waals surface area contributed by atoms with Crippen LogP contribution in [0.5, 0.6) is 5.75 Å². The van der Waals surface area contributed by atoms with Crippen LogP contribution in [0.4, 0.5) is 0 Å². The summed E-state index contributed by atoms with van der Waals surface area (Å²) in [4.78, 5) is 3.91. The van der Waals surface area contributed by atoms with Gasteiger partial charge in [-0.05, 0) is 42.8 Å². The topological polar surface area (TPSA) is 45.9 Å². The van der Waals surface area contributed by atoms with Crippen LogP contribution in [-0.2, 0) is 0 Å². The number of hydrogen-bond donors (Lipinski definition) is 0. The fourth-order valence-electron chi connectivity index (χ4n) is 1.84. The van der Waals surface area contributed by atoms with Crippen molar-refractivity contribution >= 4 is 11.6 Å². The molecule has 0 atom stereocenters. The van der Waals surface area contributed by atoms with E-state index in [4.69, 9.17) is 16.3 Å². The van der Waals surface area contributed by atoms with Gasteiger partial charge in [-0.15, -0.1) is 0 Å². The van der Waals surface area contributed by atoms with E-state index >= 15 is 0 Å². The van der Waals surface area contributed by atoms with Crippen LogP contribution in [0.15, 0.2) is 61.0 Å². The van der Waals surface area contributed by atoms with Crippen molar-refractivity contribution < 1.29 is 4.74 Å². The highest BCUT2D eigenvalue weighted by molar-refractivity contribution is 6.31. The maximum atomic E-state index is 9.18. The fourth-order valence-corrected chi connectivity index (χ4v) is 2.04. The summed E-state index contributed by atoms with van der Waals surface area (Å²) in [5.74, 6) is 1.39. The highest BCUT2D eigenvalue weighted by Crippen LogP contribution is 2.28. The normalized spacial score (nSPS) is 10.1. The number of ether oxygens (including phenoxy) is 1. The van der Waals surface area contributed by atoms with Gasteiger partial charge in [0.1, 0.15) is 22.7 Å². The highest BCUT2D eigenvalue weighted by atomic mass is 35.5. The molecule has 3 nitrogen and oxygen atoms in total. The molecule has 0 aliphatic carbocycles. The Balaban J connectivity index is 0.00000127. The van der Waals surface area contributed by atoms with Crippen molar-refractivity contribution in [2.24, 2.45) is 0 Å². The van der Waals surface area contributed by atoms with Crippen molar-refractivity contribution in [3.63, 3.8) is 0 Å². The van der Waals surface area contributed by atoms with Crippen LogP contribution < -0.4 is 4.74 Å². The predicted molar refractivity (Wildman–Crippen MR) is 95.3 cm³/mol. The lowest BCUT2D eigenvalue weighted by Crippen LogP contribution is -1.92. The molecule has 4 heteroatoms. The molecule has 0 radical (unpaired) electrons. The van der Waals surface area contributed by atoms with Crippen LogP contribution in [0.2, 0.25) is 5.15 Å². The number of hydrogen-bond acceptors (Lipinski definition) is 3. The molecule has 0 saturated heterocycles. The summed E-state index contributed by atoms with van der Waals surface area (Å²) < 4.78 is 5.62. The first-order chi connectivity index (χ1) is 11.2. The summed E-state index contributed by atoms with van der Waals surface area (Å²) in [6.45, 7) is 9.55. The van der Waals surface area contributed by atoms with Crippen LogP contribution in [-0.4, -0.2) is 4.98 Å². The van der Waals surface area contributed by atoms with Gasteiger partial charge in [0, 0.05) is 11.8 Å². The molecule has 0 aliphatic heterocycles. The van der Waals surface area contributed by atoms with Gasteiger partial charge in [0.25, 0.3) is 0 Å². The molecule has 0 N–H and O–H groups in total. The van der Waals surface area contributed by atoms with Crippen LogP contribution in [0.25, 0.3) is 11.1 Å². The van der Waals surface area contributed by atoms with Gasteiger partial charge in [-0.1, -0.05) is 44.2 Å². The molecular formula is C19H19ClN2O. The Bertz CT molecular complexity index is 728. The summed E-state index contributed by atoms with van der Waals surface area (Å²) in [6, 6.07) is 11.3. The second-order valence-electron chi connectivity index (χ2n) is 4.16. The Labute approximate surface area is 142 Å². The minimum absolute atomic E-state index is 0.207. The fraction of sp³-hybridized carbons (Fsp3) is 0.158. The van der Waals surface area contributed by atoms with Crippen molar-refractivity contribution in [1.29, 1.82) is 5.26 Å². The number of nitriles is 1. The maximum Gasteiger partial charge on any atom is 0.147 e. The zero-order valence-electron chi connectivity index (χ0n) is 13.5. The van der Waals surface area contributed by atoms with E-state index in [9.17, 15) is 5.26 Å². The molecule has 0 amide bonds. The zero-order chi connectivity index (χ0) is 17.2. The number of nitrogens with zero attached hydrogens (tertiary/aromatic N) is 2. The number of halogens is 1. The van der Waals surface area contributed by atoms with Gasteiger partial charge in [-0.2, -0.15) is 5.26 Å². The number of aromatic nitrogens is 1. The zero-order valence-corrected chi connectivity index (χ0v) is 14.3. The second-order valence-corrected chi connectivity index (χ2v) is 4.52. The third-order valence-electron chi connectivity index (χ3n) is 2.90. The molecule has 0 saturated carbocycles. The van der Waals surface area contributed by atoms with Crippen molar-refractivity contribution in [2.75, 3.05) is 0 Å². The number of pyridine rings is 1. The molecule has 23 heavy (non-hydrogen) atoms. The van der Waals surface area contributed by atoms with Gasteiger partial charge in [-0.25, -0.2) is 4.98 Å². The Morgan fingerprint density at radius 3 is 2.43 bits per heavy atom. The third-order valence-corrected chi connectivity index (χ3v) is 3.19. The minimum atomic E-state index is 0.207. The summed E-state index contributed by atoms with van der Waals surface area (Å²) in [5, 5.41) is 9.39. The van der Waals surface area contributed by atoms with E-state index in [1.165, 1.54) is 0 Å². The lowest BCUT2D eigenvalue weighted by atomic mass is 10.0. The van der Waals surface area contributed by atoms with Crippen molar-refractivity contribution in [2.45, 2.75) is 20.8 Å². The van der Waals surface area contributed by atoms with E-state index in [1.54, 1.807) is 18.3 Å². The Hall–Kier alpha value is -2.57. The highest BCUT2D eigenvalue weighted by Gasteiger charge is 2.09. The molecular weight excluding hydrogens is 308 g/mol. The largest absolute Gasteiger partial charge is 0.458 e. The number of rotatable bonds is 4. The third kappa shape index (κ3) is 4.70. The molecule has 0 unspecified atom stereocenters. The SMILES string of the molecule is C=C/C(=C\C)Oc1ccc(-c2ccnc(Cl)c2C#N)cc1.CC. The van der Waals surface area contributed by atoms with Crippen LogP contribution in [0.3, 0.4) is 0 Å². The van der Waals surface area contributed by atoms with E-state index in [0.717, 1.165) is 11.1 Å². The minimum Gasteiger partial charge on any atom is -0.458 e. The van der Waals surface area contributed by atoms with Crippen molar-refractivity contribution in [1.82, 2.24) is 4.98 Å². The molecule has 2 rings (SSSR count). The van der Waals surface area contributed by atoms with Gasteiger partial charge < -0.3 is 4.74 Å². The van der Waals surface area contributed by atoms with Gasteiger partial charge >= 0.3 is 0 Å². The molecule has 1 aromatic heterocycles. The molecule has 2 aromatic rings. The Morgan fingerprint density at radius 2 is 1.91 bits per heavy atom. The maximum absolute atomic E-state index is 9.18.